The molecule has 0 saturated heterocycles. The van der Waals surface area contributed by atoms with Crippen LogP contribution in [0.1, 0.15) is 24.4 Å². The Labute approximate surface area is 101 Å². The van der Waals surface area contributed by atoms with Crippen molar-refractivity contribution in [1.82, 2.24) is 5.32 Å². The predicted octanol–water partition coefficient (Wildman–Crippen LogP) is 1.87. The van der Waals surface area contributed by atoms with Crippen molar-refractivity contribution >= 4 is 0 Å². The lowest BCUT2D eigenvalue weighted by molar-refractivity contribution is 0.243. The average molecular weight is 239 g/mol. The fourth-order valence-electron chi connectivity index (χ4n) is 1.82. The summed E-state index contributed by atoms with van der Waals surface area (Å²) in [6, 6.07) is 4.59. The second-order valence-corrected chi connectivity index (χ2v) is 4.48. The van der Waals surface area contributed by atoms with Crippen LogP contribution in [-0.4, -0.2) is 25.4 Å². The van der Waals surface area contributed by atoms with E-state index in [-0.39, 0.29) is 18.4 Å². The van der Waals surface area contributed by atoms with E-state index < -0.39 is 5.82 Å². The van der Waals surface area contributed by atoms with Gasteiger partial charge in [-0.25, -0.2) is 4.39 Å². The Morgan fingerprint density at radius 2 is 2.29 bits per heavy atom. The van der Waals surface area contributed by atoms with Gasteiger partial charge in [-0.1, -0.05) is 6.07 Å². The third kappa shape index (κ3) is 3.17. The molecule has 1 aliphatic rings. The summed E-state index contributed by atoms with van der Waals surface area (Å²) < 4.78 is 18.4. The van der Waals surface area contributed by atoms with Crippen molar-refractivity contribution < 1.29 is 14.2 Å². The zero-order valence-electron chi connectivity index (χ0n) is 9.95. The maximum atomic E-state index is 13.5. The monoisotopic (exact) mass is 239 g/mol. The summed E-state index contributed by atoms with van der Waals surface area (Å²) in [6.45, 7) is 0.858. The van der Waals surface area contributed by atoms with Crippen LogP contribution in [-0.2, 0) is 0 Å². The number of aliphatic hydroxyl groups is 1. The molecule has 0 aromatic heterocycles. The SMILES string of the molecule is COc1ccc(C(CO)NCC2CC2)cc1F. The Bertz CT molecular complexity index is 380. The molecule has 0 bridgehead atoms. The molecular formula is C13H18FNO2. The molecule has 1 aromatic carbocycles. The normalized spacial score (nSPS) is 16.9. The van der Waals surface area contributed by atoms with Crippen molar-refractivity contribution in [3.63, 3.8) is 0 Å². The molecule has 4 heteroatoms. The van der Waals surface area contributed by atoms with E-state index in [0.717, 1.165) is 18.0 Å². The standard InChI is InChI=1S/C13H18FNO2/c1-17-13-5-4-10(6-11(13)14)12(8-16)15-7-9-2-3-9/h4-6,9,12,15-16H,2-3,7-8H2,1H3. The van der Waals surface area contributed by atoms with Crippen LogP contribution in [0.5, 0.6) is 5.75 Å². The van der Waals surface area contributed by atoms with Gasteiger partial charge in [0.05, 0.1) is 19.8 Å². The smallest absolute Gasteiger partial charge is 0.165 e. The average Bonchev–Trinajstić information content (AvgIpc) is 3.14. The highest BCUT2D eigenvalue weighted by Crippen LogP contribution is 2.29. The number of hydrogen-bond donors (Lipinski definition) is 2. The van der Waals surface area contributed by atoms with Gasteiger partial charge in [-0.05, 0) is 43.0 Å². The van der Waals surface area contributed by atoms with E-state index in [1.165, 1.54) is 26.0 Å². The molecular weight excluding hydrogens is 221 g/mol. The van der Waals surface area contributed by atoms with Gasteiger partial charge in [0, 0.05) is 0 Å². The maximum absolute atomic E-state index is 13.5. The second kappa shape index (κ2) is 5.47. The lowest BCUT2D eigenvalue weighted by Crippen LogP contribution is -2.26. The zero-order chi connectivity index (χ0) is 12.3. The van der Waals surface area contributed by atoms with Crippen molar-refractivity contribution in [2.45, 2.75) is 18.9 Å². The van der Waals surface area contributed by atoms with Gasteiger partial charge in [0.2, 0.25) is 0 Å². The lowest BCUT2D eigenvalue weighted by Gasteiger charge is -2.17. The maximum Gasteiger partial charge on any atom is 0.165 e. The minimum Gasteiger partial charge on any atom is -0.494 e. The van der Waals surface area contributed by atoms with Crippen molar-refractivity contribution in [2.75, 3.05) is 20.3 Å². The summed E-state index contributed by atoms with van der Waals surface area (Å²) >= 11 is 0. The molecule has 0 aliphatic heterocycles. The molecule has 1 unspecified atom stereocenters. The number of methoxy groups -OCH3 is 1. The molecule has 2 N–H and O–H groups in total. The highest BCUT2D eigenvalue weighted by molar-refractivity contribution is 5.31. The van der Waals surface area contributed by atoms with E-state index >= 15 is 0 Å². The first-order valence-corrected chi connectivity index (χ1v) is 5.92. The number of ether oxygens (including phenoxy) is 1. The summed E-state index contributed by atoms with van der Waals surface area (Å²) in [5.74, 6) is 0.566. The fourth-order valence-corrected chi connectivity index (χ4v) is 1.82. The van der Waals surface area contributed by atoms with Gasteiger partial charge in [0.25, 0.3) is 0 Å². The van der Waals surface area contributed by atoms with Crippen LogP contribution in [0.15, 0.2) is 18.2 Å². The fraction of sp³-hybridized carbons (Fsp3) is 0.538. The van der Waals surface area contributed by atoms with E-state index in [4.69, 9.17) is 4.74 Å². The van der Waals surface area contributed by atoms with Gasteiger partial charge in [0.1, 0.15) is 0 Å². The van der Waals surface area contributed by atoms with Crippen molar-refractivity contribution in [3.05, 3.63) is 29.6 Å². The van der Waals surface area contributed by atoms with Crippen LogP contribution in [0.25, 0.3) is 0 Å². The van der Waals surface area contributed by atoms with Crippen molar-refractivity contribution in [1.29, 1.82) is 0 Å². The Morgan fingerprint density at radius 1 is 1.53 bits per heavy atom. The van der Waals surface area contributed by atoms with E-state index in [2.05, 4.69) is 5.32 Å². The largest absolute Gasteiger partial charge is 0.494 e. The number of benzene rings is 1. The van der Waals surface area contributed by atoms with Crippen LogP contribution in [0.4, 0.5) is 4.39 Å². The molecule has 1 saturated carbocycles. The van der Waals surface area contributed by atoms with E-state index in [1.54, 1.807) is 12.1 Å². The molecule has 1 aromatic rings. The molecule has 0 radical (unpaired) electrons. The molecule has 17 heavy (non-hydrogen) atoms. The number of rotatable bonds is 6. The zero-order valence-corrected chi connectivity index (χ0v) is 9.95. The summed E-state index contributed by atoms with van der Waals surface area (Å²) in [5.41, 5.74) is 0.756. The minimum absolute atomic E-state index is 0.0293. The van der Waals surface area contributed by atoms with Crippen LogP contribution in [0.3, 0.4) is 0 Å². The Morgan fingerprint density at radius 3 is 2.82 bits per heavy atom. The number of nitrogens with one attached hydrogen (secondary N) is 1. The van der Waals surface area contributed by atoms with E-state index in [1.807, 2.05) is 0 Å². The van der Waals surface area contributed by atoms with Gasteiger partial charge in [-0.3, -0.25) is 0 Å². The molecule has 0 amide bonds. The quantitative estimate of drug-likeness (QED) is 0.796. The van der Waals surface area contributed by atoms with Gasteiger partial charge < -0.3 is 15.2 Å². The molecule has 2 rings (SSSR count). The molecule has 1 aliphatic carbocycles. The van der Waals surface area contributed by atoms with Crippen molar-refractivity contribution in [3.8, 4) is 5.75 Å². The van der Waals surface area contributed by atoms with Crippen LogP contribution < -0.4 is 10.1 Å². The minimum atomic E-state index is -0.392. The lowest BCUT2D eigenvalue weighted by atomic mass is 10.1. The van der Waals surface area contributed by atoms with E-state index in [9.17, 15) is 9.50 Å². The Balaban J connectivity index is 2.03. The first-order chi connectivity index (χ1) is 8.24. The number of aliphatic hydroxyl groups excluding tert-OH is 1. The topological polar surface area (TPSA) is 41.5 Å². The Kier molecular flexibility index (Phi) is 3.97. The number of hydrogen-bond acceptors (Lipinski definition) is 3. The van der Waals surface area contributed by atoms with Crippen LogP contribution in [0.2, 0.25) is 0 Å². The van der Waals surface area contributed by atoms with Crippen LogP contribution in [0, 0.1) is 11.7 Å². The third-order valence-corrected chi connectivity index (χ3v) is 3.11. The molecule has 94 valence electrons. The first kappa shape index (κ1) is 12.3. The van der Waals surface area contributed by atoms with Gasteiger partial charge in [-0.15, -0.1) is 0 Å². The molecule has 0 heterocycles. The summed E-state index contributed by atoms with van der Waals surface area (Å²) in [7, 11) is 1.44. The summed E-state index contributed by atoms with van der Waals surface area (Å²) in [5, 5.41) is 12.6. The van der Waals surface area contributed by atoms with E-state index in [0.29, 0.717) is 0 Å². The first-order valence-electron chi connectivity index (χ1n) is 5.92. The third-order valence-electron chi connectivity index (χ3n) is 3.11. The summed E-state index contributed by atoms with van der Waals surface area (Å²) in [4.78, 5) is 0. The Hall–Kier alpha value is -1.13. The summed E-state index contributed by atoms with van der Waals surface area (Å²) in [6.07, 6.45) is 2.50. The highest BCUT2D eigenvalue weighted by Gasteiger charge is 2.22. The van der Waals surface area contributed by atoms with Crippen molar-refractivity contribution in [2.24, 2.45) is 5.92 Å². The molecule has 1 atom stereocenters. The van der Waals surface area contributed by atoms with Gasteiger partial charge >= 0.3 is 0 Å². The van der Waals surface area contributed by atoms with Crippen LogP contribution >= 0.6 is 0 Å². The molecule has 0 spiro atoms. The molecule has 1 fully saturated rings. The van der Waals surface area contributed by atoms with Gasteiger partial charge in [0.15, 0.2) is 11.6 Å². The predicted molar refractivity (Wildman–Crippen MR) is 63.5 cm³/mol. The highest BCUT2D eigenvalue weighted by atomic mass is 19.1. The van der Waals surface area contributed by atoms with Gasteiger partial charge in [-0.2, -0.15) is 0 Å². The molecule has 3 nitrogen and oxygen atoms in total. The number of halogens is 1. The second-order valence-electron chi connectivity index (χ2n) is 4.48.